The van der Waals surface area contributed by atoms with Crippen LogP contribution in [0.1, 0.15) is 26.3 Å². The van der Waals surface area contributed by atoms with Crippen molar-refractivity contribution in [1.29, 1.82) is 0 Å². The van der Waals surface area contributed by atoms with E-state index in [1.54, 1.807) is 0 Å². The molecule has 1 rings (SSSR count). The van der Waals surface area contributed by atoms with Gasteiger partial charge in [-0.2, -0.15) is 0 Å². The van der Waals surface area contributed by atoms with Gasteiger partial charge in [0, 0.05) is 0 Å². The van der Waals surface area contributed by atoms with Crippen LogP contribution < -0.4 is 4.43 Å². The van der Waals surface area contributed by atoms with Crippen molar-refractivity contribution >= 4 is 8.32 Å². The van der Waals surface area contributed by atoms with Gasteiger partial charge in [-0.3, -0.25) is 0 Å². The SMILES string of the molecule is [CH2]c1ccc(O[Si](C)(C)C(C)(C)C)cc1. The summed E-state index contributed by atoms with van der Waals surface area (Å²) in [6.07, 6.45) is 0. The zero-order valence-electron chi connectivity index (χ0n) is 10.4. The van der Waals surface area contributed by atoms with Crippen LogP contribution in [0.2, 0.25) is 18.1 Å². The summed E-state index contributed by atoms with van der Waals surface area (Å²) in [5, 5.41) is 0.246. The Morgan fingerprint density at radius 1 is 1.07 bits per heavy atom. The van der Waals surface area contributed by atoms with Crippen molar-refractivity contribution in [1.82, 2.24) is 0 Å². The van der Waals surface area contributed by atoms with Crippen molar-refractivity contribution in [2.75, 3.05) is 0 Å². The van der Waals surface area contributed by atoms with Crippen LogP contribution in [-0.4, -0.2) is 8.32 Å². The molecule has 0 N–H and O–H groups in total. The van der Waals surface area contributed by atoms with Gasteiger partial charge in [-0.15, -0.1) is 0 Å². The van der Waals surface area contributed by atoms with Gasteiger partial charge < -0.3 is 4.43 Å². The van der Waals surface area contributed by atoms with Crippen molar-refractivity contribution in [3.63, 3.8) is 0 Å². The highest BCUT2D eigenvalue weighted by Gasteiger charge is 2.38. The van der Waals surface area contributed by atoms with Crippen molar-refractivity contribution in [2.24, 2.45) is 0 Å². The fourth-order valence-corrected chi connectivity index (χ4v) is 2.04. The molecule has 0 heterocycles. The van der Waals surface area contributed by atoms with Gasteiger partial charge in [0.2, 0.25) is 8.32 Å². The van der Waals surface area contributed by atoms with Gasteiger partial charge in [0.05, 0.1) is 0 Å². The van der Waals surface area contributed by atoms with E-state index in [0.717, 1.165) is 11.3 Å². The summed E-state index contributed by atoms with van der Waals surface area (Å²) in [5.74, 6) is 0.967. The minimum absolute atomic E-state index is 0.246. The van der Waals surface area contributed by atoms with E-state index in [0.29, 0.717) is 0 Å². The van der Waals surface area contributed by atoms with E-state index in [1.807, 2.05) is 24.3 Å². The quantitative estimate of drug-likeness (QED) is 0.678. The van der Waals surface area contributed by atoms with Crippen LogP contribution in [0.3, 0.4) is 0 Å². The van der Waals surface area contributed by atoms with Crippen LogP contribution in [0.4, 0.5) is 0 Å². The van der Waals surface area contributed by atoms with Crippen LogP contribution in [-0.2, 0) is 0 Å². The normalized spacial score (nSPS) is 12.7. The van der Waals surface area contributed by atoms with Gasteiger partial charge in [0.25, 0.3) is 0 Å². The predicted octanol–water partition coefficient (Wildman–Crippen LogP) is 4.25. The molecule has 0 saturated carbocycles. The molecule has 0 spiro atoms. The molecule has 1 aromatic rings. The van der Waals surface area contributed by atoms with Gasteiger partial charge in [-0.25, -0.2) is 0 Å². The largest absolute Gasteiger partial charge is 0.544 e. The number of hydrogen-bond donors (Lipinski definition) is 0. The molecule has 0 aromatic heterocycles. The summed E-state index contributed by atoms with van der Waals surface area (Å²) in [6, 6.07) is 7.98. The summed E-state index contributed by atoms with van der Waals surface area (Å²) < 4.78 is 6.13. The predicted molar refractivity (Wildman–Crippen MR) is 68.7 cm³/mol. The van der Waals surface area contributed by atoms with E-state index >= 15 is 0 Å². The average Bonchev–Trinajstić information content (AvgIpc) is 2.06. The minimum Gasteiger partial charge on any atom is -0.544 e. The van der Waals surface area contributed by atoms with Crippen molar-refractivity contribution in [2.45, 2.75) is 38.9 Å². The third-order valence-corrected chi connectivity index (χ3v) is 7.46. The van der Waals surface area contributed by atoms with E-state index in [2.05, 4.69) is 40.8 Å². The lowest BCUT2D eigenvalue weighted by Crippen LogP contribution is -2.43. The second-order valence-electron chi connectivity index (χ2n) is 5.51. The molecule has 1 nitrogen and oxygen atoms in total. The first-order valence-electron chi connectivity index (χ1n) is 5.33. The Hall–Kier alpha value is -0.763. The molecule has 1 radical (unpaired) electrons. The Balaban J connectivity index is 2.82. The Labute approximate surface area is 94.6 Å². The summed E-state index contributed by atoms with van der Waals surface area (Å²) in [5.41, 5.74) is 1.03. The Morgan fingerprint density at radius 3 is 1.93 bits per heavy atom. The molecule has 0 unspecified atom stereocenters. The summed E-state index contributed by atoms with van der Waals surface area (Å²) in [6.45, 7) is 15.1. The molecule has 0 aliphatic carbocycles. The first kappa shape index (κ1) is 12.3. The average molecular weight is 221 g/mol. The molecule has 83 valence electrons. The molecule has 0 aliphatic heterocycles. The molecule has 0 saturated heterocycles. The topological polar surface area (TPSA) is 9.23 Å². The Morgan fingerprint density at radius 2 is 1.53 bits per heavy atom. The van der Waals surface area contributed by atoms with Gasteiger partial charge in [-0.1, -0.05) is 32.9 Å². The second kappa shape index (κ2) is 4.01. The van der Waals surface area contributed by atoms with Crippen molar-refractivity contribution < 1.29 is 4.43 Å². The van der Waals surface area contributed by atoms with Crippen LogP contribution in [0, 0.1) is 6.92 Å². The molecule has 0 atom stereocenters. The zero-order chi connectivity index (χ0) is 11.7. The minimum atomic E-state index is -1.68. The monoisotopic (exact) mass is 221 g/mol. The van der Waals surface area contributed by atoms with Crippen LogP contribution in [0.25, 0.3) is 0 Å². The van der Waals surface area contributed by atoms with Gasteiger partial charge in [0.1, 0.15) is 5.75 Å². The Kier molecular flexibility index (Phi) is 3.29. The molecule has 0 bridgehead atoms. The number of benzene rings is 1. The third-order valence-electron chi connectivity index (χ3n) is 3.10. The molecule has 0 fully saturated rings. The highest BCUT2D eigenvalue weighted by Crippen LogP contribution is 2.37. The highest BCUT2D eigenvalue weighted by molar-refractivity contribution is 6.74. The van der Waals surface area contributed by atoms with Gasteiger partial charge >= 0.3 is 0 Å². The lowest BCUT2D eigenvalue weighted by Gasteiger charge is -2.36. The molecule has 15 heavy (non-hydrogen) atoms. The van der Waals surface area contributed by atoms with E-state index in [1.165, 1.54) is 0 Å². The molecular weight excluding hydrogens is 200 g/mol. The van der Waals surface area contributed by atoms with Crippen LogP contribution >= 0.6 is 0 Å². The Bertz CT molecular complexity index is 319. The molecule has 1 aromatic carbocycles. The van der Waals surface area contributed by atoms with E-state index in [9.17, 15) is 0 Å². The highest BCUT2D eigenvalue weighted by atomic mass is 28.4. The molecule has 0 amide bonds. The smallest absolute Gasteiger partial charge is 0.250 e. The van der Waals surface area contributed by atoms with E-state index < -0.39 is 8.32 Å². The maximum atomic E-state index is 6.13. The number of rotatable bonds is 2. The molecule has 2 heteroatoms. The lowest BCUT2D eigenvalue weighted by molar-refractivity contribution is 0.492. The van der Waals surface area contributed by atoms with Crippen molar-refractivity contribution in [3.05, 3.63) is 36.8 Å². The fraction of sp³-hybridized carbons (Fsp3) is 0.462. The maximum Gasteiger partial charge on any atom is 0.250 e. The lowest BCUT2D eigenvalue weighted by atomic mass is 10.2. The zero-order valence-corrected chi connectivity index (χ0v) is 11.4. The van der Waals surface area contributed by atoms with Gasteiger partial charge in [-0.05, 0) is 42.8 Å². The summed E-state index contributed by atoms with van der Waals surface area (Å²) in [4.78, 5) is 0. The third kappa shape index (κ3) is 3.10. The van der Waals surface area contributed by atoms with E-state index in [-0.39, 0.29) is 5.04 Å². The summed E-state index contributed by atoms with van der Waals surface area (Å²) >= 11 is 0. The van der Waals surface area contributed by atoms with Crippen LogP contribution in [0.5, 0.6) is 5.75 Å². The fourth-order valence-electron chi connectivity index (χ4n) is 1.01. The van der Waals surface area contributed by atoms with Crippen LogP contribution in [0.15, 0.2) is 24.3 Å². The molecule has 0 aliphatic rings. The second-order valence-corrected chi connectivity index (χ2v) is 10.2. The van der Waals surface area contributed by atoms with E-state index in [4.69, 9.17) is 4.43 Å². The first-order chi connectivity index (χ1) is 6.72. The number of hydrogen-bond acceptors (Lipinski definition) is 1. The molecular formula is C13H21OSi. The van der Waals surface area contributed by atoms with Crippen molar-refractivity contribution in [3.8, 4) is 5.75 Å². The summed E-state index contributed by atoms with van der Waals surface area (Å²) in [7, 11) is -1.68. The maximum absolute atomic E-state index is 6.13. The first-order valence-corrected chi connectivity index (χ1v) is 8.24. The van der Waals surface area contributed by atoms with Gasteiger partial charge in [0.15, 0.2) is 0 Å². The standard InChI is InChI=1S/C13H21OSi/c1-11-7-9-12(10-8-11)14-15(5,6)13(2,3)4/h7-10H,1H2,2-6H3.